The predicted octanol–water partition coefficient (Wildman–Crippen LogP) is 1.95. The highest BCUT2D eigenvalue weighted by Crippen LogP contribution is 2.65. The Balaban J connectivity index is 1.82. The lowest BCUT2D eigenvalue weighted by molar-refractivity contribution is 0.264. The topological polar surface area (TPSA) is 20.2 Å². The summed E-state index contributed by atoms with van der Waals surface area (Å²) in [6.07, 6.45) is 8.21. The van der Waals surface area contributed by atoms with Gasteiger partial charge in [-0.25, -0.2) is 0 Å². The molecule has 1 N–H and O–H groups in total. The lowest BCUT2D eigenvalue weighted by atomic mass is 9.98. The van der Waals surface area contributed by atoms with Crippen LogP contribution in [0.2, 0.25) is 0 Å². The highest BCUT2D eigenvalue weighted by atomic mass is 16.2. The van der Waals surface area contributed by atoms with E-state index in [1.165, 1.54) is 32.1 Å². The summed E-state index contributed by atoms with van der Waals surface area (Å²) < 4.78 is 0. The average Bonchev–Trinajstić information content (AvgIpc) is 2.51. The van der Waals surface area contributed by atoms with E-state index in [0.717, 1.165) is 17.8 Å². The minimum Gasteiger partial charge on any atom is -0.396 e. The van der Waals surface area contributed by atoms with Crippen LogP contribution < -0.4 is 0 Å². The Morgan fingerprint density at radius 1 is 1.50 bits per heavy atom. The van der Waals surface area contributed by atoms with E-state index in [0.29, 0.717) is 6.61 Å². The highest BCUT2D eigenvalue weighted by molar-refractivity contribution is 5.05. The fourth-order valence-corrected chi connectivity index (χ4v) is 2.71. The SMILES string of the molecule is OCCCC12CCCC1C2. The summed E-state index contributed by atoms with van der Waals surface area (Å²) in [5.74, 6) is 1.07. The molecule has 0 amide bonds. The smallest absolute Gasteiger partial charge is 0.0431 e. The molecule has 0 heterocycles. The molecule has 2 fully saturated rings. The van der Waals surface area contributed by atoms with Gasteiger partial charge in [-0.15, -0.1) is 0 Å². The second-order valence-electron chi connectivity index (χ2n) is 3.98. The van der Waals surface area contributed by atoms with Crippen LogP contribution >= 0.6 is 0 Å². The van der Waals surface area contributed by atoms with Gasteiger partial charge in [0.05, 0.1) is 0 Å². The van der Waals surface area contributed by atoms with E-state index in [2.05, 4.69) is 0 Å². The number of fused-ring (bicyclic) bond motifs is 1. The van der Waals surface area contributed by atoms with Gasteiger partial charge in [0.1, 0.15) is 0 Å². The molecule has 0 aromatic heterocycles. The molecule has 58 valence electrons. The van der Waals surface area contributed by atoms with E-state index in [9.17, 15) is 0 Å². The van der Waals surface area contributed by atoms with Crippen LogP contribution in [0.25, 0.3) is 0 Å². The number of rotatable bonds is 3. The van der Waals surface area contributed by atoms with Crippen molar-refractivity contribution >= 4 is 0 Å². The third-order valence-electron chi connectivity index (χ3n) is 3.42. The van der Waals surface area contributed by atoms with Crippen LogP contribution in [0.3, 0.4) is 0 Å². The molecule has 1 heteroatoms. The summed E-state index contributed by atoms with van der Waals surface area (Å²) in [5.41, 5.74) is 0.753. The quantitative estimate of drug-likeness (QED) is 0.635. The van der Waals surface area contributed by atoms with Crippen LogP contribution in [0.15, 0.2) is 0 Å². The molecule has 0 spiro atoms. The molecule has 0 saturated heterocycles. The number of aliphatic hydroxyl groups excluding tert-OH is 1. The van der Waals surface area contributed by atoms with Crippen molar-refractivity contribution in [2.45, 2.75) is 38.5 Å². The summed E-state index contributed by atoms with van der Waals surface area (Å²) in [6.45, 7) is 0.397. The molecule has 2 aliphatic rings. The molecule has 2 saturated carbocycles. The maximum atomic E-state index is 8.66. The van der Waals surface area contributed by atoms with E-state index in [4.69, 9.17) is 5.11 Å². The molecule has 1 nitrogen and oxygen atoms in total. The molecule has 10 heavy (non-hydrogen) atoms. The van der Waals surface area contributed by atoms with Crippen molar-refractivity contribution in [3.05, 3.63) is 0 Å². The first-order valence-electron chi connectivity index (χ1n) is 4.48. The second kappa shape index (κ2) is 2.23. The Hall–Kier alpha value is -0.0400. The lowest BCUT2D eigenvalue weighted by Crippen LogP contribution is -1.99. The summed E-state index contributed by atoms with van der Waals surface area (Å²) in [6, 6.07) is 0. The van der Waals surface area contributed by atoms with Crippen molar-refractivity contribution in [2.75, 3.05) is 6.61 Å². The average molecular weight is 140 g/mol. The largest absolute Gasteiger partial charge is 0.396 e. The highest BCUT2D eigenvalue weighted by Gasteiger charge is 2.55. The summed E-state index contributed by atoms with van der Waals surface area (Å²) in [4.78, 5) is 0. The van der Waals surface area contributed by atoms with E-state index in [-0.39, 0.29) is 0 Å². The molecule has 0 aromatic rings. The zero-order valence-electron chi connectivity index (χ0n) is 6.47. The molecule has 0 aromatic carbocycles. The Kier molecular flexibility index (Phi) is 1.48. The van der Waals surface area contributed by atoms with Crippen LogP contribution in [-0.4, -0.2) is 11.7 Å². The zero-order chi connectivity index (χ0) is 7.03. The molecule has 2 unspecified atom stereocenters. The Morgan fingerprint density at radius 2 is 2.40 bits per heavy atom. The lowest BCUT2D eigenvalue weighted by Gasteiger charge is -2.08. The monoisotopic (exact) mass is 140 g/mol. The van der Waals surface area contributed by atoms with E-state index >= 15 is 0 Å². The van der Waals surface area contributed by atoms with E-state index in [1.807, 2.05) is 0 Å². The minimum absolute atomic E-state index is 0.397. The Morgan fingerprint density at radius 3 is 2.90 bits per heavy atom. The van der Waals surface area contributed by atoms with Crippen LogP contribution in [0.1, 0.15) is 38.5 Å². The maximum Gasteiger partial charge on any atom is 0.0431 e. The van der Waals surface area contributed by atoms with Gasteiger partial charge < -0.3 is 5.11 Å². The number of aliphatic hydroxyl groups is 1. The van der Waals surface area contributed by atoms with Gasteiger partial charge >= 0.3 is 0 Å². The Bertz CT molecular complexity index is 133. The number of hydrogen-bond acceptors (Lipinski definition) is 1. The van der Waals surface area contributed by atoms with Gasteiger partial charge in [-0.05, 0) is 43.4 Å². The predicted molar refractivity (Wildman–Crippen MR) is 40.7 cm³/mol. The van der Waals surface area contributed by atoms with Gasteiger partial charge in [-0.3, -0.25) is 0 Å². The Labute approximate surface area is 62.4 Å². The maximum absolute atomic E-state index is 8.66. The van der Waals surface area contributed by atoms with E-state index in [1.54, 1.807) is 0 Å². The van der Waals surface area contributed by atoms with Crippen LogP contribution in [0, 0.1) is 11.3 Å². The van der Waals surface area contributed by atoms with Crippen molar-refractivity contribution < 1.29 is 5.11 Å². The van der Waals surface area contributed by atoms with Gasteiger partial charge in [0.15, 0.2) is 0 Å². The first-order chi connectivity index (χ1) is 4.87. The third kappa shape index (κ3) is 0.878. The minimum atomic E-state index is 0.397. The summed E-state index contributed by atoms with van der Waals surface area (Å²) in [5, 5.41) is 8.66. The first kappa shape index (κ1) is 6.66. The fourth-order valence-electron chi connectivity index (χ4n) is 2.71. The first-order valence-corrected chi connectivity index (χ1v) is 4.48. The van der Waals surface area contributed by atoms with Crippen molar-refractivity contribution in [2.24, 2.45) is 11.3 Å². The van der Waals surface area contributed by atoms with Crippen molar-refractivity contribution in [1.82, 2.24) is 0 Å². The standard InChI is InChI=1S/C9H16O/c10-6-2-5-9-4-1-3-8(9)7-9/h8,10H,1-7H2. The van der Waals surface area contributed by atoms with E-state index < -0.39 is 0 Å². The third-order valence-corrected chi connectivity index (χ3v) is 3.42. The molecule has 0 radical (unpaired) electrons. The van der Waals surface area contributed by atoms with Gasteiger partial charge in [-0.2, -0.15) is 0 Å². The van der Waals surface area contributed by atoms with Crippen LogP contribution in [0.4, 0.5) is 0 Å². The summed E-state index contributed by atoms with van der Waals surface area (Å²) >= 11 is 0. The van der Waals surface area contributed by atoms with Gasteiger partial charge in [0.25, 0.3) is 0 Å². The van der Waals surface area contributed by atoms with Crippen molar-refractivity contribution in [1.29, 1.82) is 0 Å². The van der Waals surface area contributed by atoms with Crippen LogP contribution in [0.5, 0.6) is 0 Å². The van der Waals surface area contributed by atoms with Gasteiger partial charge in [0, 0.05) is 6.61 Å². The number of hydrogen-bond donors (Lipinski definition) is 1. The fraction of sp³-hybridized carbons (Fsp3) is 1.00. The zero-order valence-corrected chi connectivity index (χ0v) is 6.47. The molecular weight excluding hydrogens is 124 g/mol. The second-order valence-corrected chi connectivity index (χ2v) is 3.98. The normalized spacial score (nSPS) is 43.5. The van der Waals surface area contributed by atoms with Crippen molar-refractivity contribution in [3.63, 3.8) is 0 Å². The van der Waals surface area contributed by atoms with Gasteiger partial charge in [0.2, 0.25) is 0 Å². The molecule has 2 atom stereocenters. The molecule has 0 aliphatic heterocycles. The molecule has 2 rings (SSSR count). The summed E-state index contributed by atoms with van der Waals surface area (Å²) in [7, 11) is 0. The van der Waals surface area contributed by atoms with Crippen molar-refractivity contribution in [3.8, 4) is 0 Å². The molecule has 0 bridgehead atoms. The molecule has 2 aliphatic carbocycles. The molecular formula is C9H16O. The van der Waals surface area contributed by atoms with Crippen LogP contribution in [-0.2, 0) is 0 Å². The van der Waals surface area contributed by atoms with Gasteiger partial charge in [-0.1, -0.05) is 6.42 Å².